The summed E-state index contributed by atoms with van der Waals surface area (Å²) < 4.78 is 22.6. The van der Waals surface area contributed by atoms with Crippen molar-refractivity contribution in [3.05, 3.63) is 36.0 Å². The van der Waals surface area contributed by atoms with Gasteiger partial charge < -0.3 is 18.6 Å². The lowest BCUT2D eigenvalue weighted by atomic mass is 9.81. The van der Waals surface area contributed by atoms with Gasteiger partial charge in [-0.15, -0.1) is 10.2 Å². The minimum Gasteiger partial charge on any atom is -0.497 e. The summed E-state index contributed by atoms with van der Waals surface area (Å²) in [6.07, 6.45) is 0.991. The molecule has 1 aromatic carbocycles. The van der Waals surface area contributed by atoms with Crippen LogP contribution in [-0.2, 0) is 11.3 Å². The number of nitrogens with zero attached hydrogens (tertiary/aromatic N) is 2. The van der Waals surface area contributed by atoms with Crippen LogP contribution in [0.1, 0.15) is 44.9 Å². The van der Waals surface area contributed by atoms with Crippen LogP contribution < -0.4 is 9.47 Å². The van der Waals surface area contributed by atoms with Gasteiger partial charge in [-0.1, -0.05) is 26.8 Å². The number of aromatic nitrogens is 2. The molecule has 1 aromatic heterocycles. The van der Waals surface area contributed by atoms with Gasteiger partial charge in [-0.25, -0.2) is 0 Å². The summed E-state index contributed by atoms with van der Waals surface area (Å²) in [5.74, 6) is 2.69. The van der Waals surface area contributed by atoms with Crippen LogP contribution in [0.25, 0.3) is 0 Å². The summed E-state index contributed by atoms with van der Waals surface area (Å²) in [4.78, 5) is 0. The summed E-state index contributed by atoms with van der Waals surface area (Å²) in [5, 5.41) is 8.31. The second-order valence-corrected chi connectivity index (χ2v) is 7.05. The van der Waals surface area contributed by atoms with Crippen molar-refractivity contribution >= 4 is 0 Å². The third kappa shape index (κ3) is 3.70. The Hall–Kier alpha value is -2.08. The van der Waals surface area contributed by atoms with Gasteiger partial charge in [0.1, 0.15) is 11.5 Å². The normalized spacial score (nSPS) is 21.0. The van der Waals surface area contributed by atoms with Crippen LogP contribution in [0.5, 0.6) is 11.5 Å². The Morgan fingerprint density at radius 2 is 2.00 bits per heavy atom. The largest absolute Gasteiger partial charge is 0.497 e. The first-order valence-corrected chi connectivity index (χ1v) is 8.18. The van der Waals surface area contributed by atoms with Crippen molar-refractivity contribution in [2.75, 3.05) is 13.7 Å². The fourth-order valence-corrected chi connectivity index (χ4v) is 3.01. The Morgan fingerprint density at radius 1 is 1.21 bits per heavy atom. The molecule has 0 spiro atoms. The van der Waals surface area contributed by atoms with Gasteiger partial charge in [-0.2, -0.15) is 0 Å². The number of methoxy groups -OCH3 is 1. The van der Waals surface area contributed by atoms with Gasteiger partial charge in [-0.05, 0) is 24.0 Å². The molecule has 2 atom stereocenters. The maximum absolute atomic E-state index is 5.88. The number of ether oxygens (including phenoxy) is 3. The summed E-state index contributed by atoms with van der Waals surface area (Å²) in [6, 6.07) is 7.42. The van der Waals surface area contributed by atoms with E-state index in [1.807, 2.05) is 24.3 Å². The zero-order valence-electron chi connectivity index (χ0n) is 14.6. The van der Waals surface area contributed by atoms with E-state index in [0.29, 0.717) is 17.5 Å². The molecule has 0 bridgehead atoms. The van der Waals surface area contributed by atoms with Crippen LogP contribution in [0, 0.1) is 5.41 Å². The number of benzene rings is 1. The van der Waals surface area contributed by atoms with Crippen LogP contribution in [0.3, 0.4) is 0 Å². The topological polar surface area (TPSA) is 66.6 Å². The number of hydrogen-bond acceptors (Lipinski definition) is 6. The minimum absolute atomic E-state index is 0.0346. The molecule has 0 unspecified atom stereocenters. The highest BCUT2D eigenvalue weighted by molar-refractivity contribution is 5.32. The van der Waals surface area contributed by atoms with Crippen LogP contribution in [0.2, 0.25) is 0 Å². The Morgan fingerprint density at radius 3 is 2.75 bits per heavy atom. The van der Waals surface area contributed by atoms with Crippen molar-refractivity contribution < 1.29 is 18.6 Å². The second kappa shape index (κ2) is 6.81. The van der Waals surface area contributed by atoms with Crippen LogP contribution >= 0.6 is 0 Å². The molecule has 24 heavy (non-hydrogen) atoms. The molecule has 1 fully saturated rings. The summed E-state index contributed by atoms with van der Waals surface area (Å²) in [6.45, 7) is 7.45. The first-order valence-electron chi connectivity index (χ1n) is 8.18. The van der Waals surface area contributed by atoms with E-state index in [1.54, 1.807) is 7.11 Å². The Labute approximate surface area is 142 Å². The fraction of sp³-hybridized carbons (Fsp3) is 0.556. The molecule has 0 saturated carbocycles. The first kappa shape index (κ1) is 16.8. The van der Waals surface area contributed by atoms with Crippen LogP contribution in [0.4, 0.5) is 0 Å². The number of rotatable bonds is 5. The first-order chi connectivity index (χ1) is 11.5. The predicted octanol–water partition coefficient (Wildman–Crippen LogP) is 3.58. The molecule has 0 radical (unpaired) electrons. The van der Waals surface area contributed by atoms with Gasteiger partial charge in [-0.3, -0.25) is 0 Å². The van der Waals surface area contributed by atoms with Gasteiger partial charge >= 0.3 is 0 Å². The van der Waals surface area contributed by atoms with E-state index in [0.717, 1.165) is 18.8 Å². The van der Waals surface area contributed by atoms with Gasteiger partial charge in [0.05, 0.1) is 19.1 Å². The summed E-state index contributed by atoms with van der Waals surface area (Å²) in [5.41, 5.74) is 0.0346. The van der Waals surface area contributed by atoms with E-state index in [1.165, 1.54) is 0 Å². The SMILES string of the molecule is COc1cccc(OCc2nnc([C@H]3CCO[C@@H]3C(C)(C)C)o2)c1. The second-order valence-electron chi connectivity index (χ2n) is 7.05. The lowest BCUT2D eigenvalue weighted by Crippen LogP contribution is -2.30. The molecule has 1 aliphatic heterocycles. The Balaban J connectivity index is 1.65. The average Bonchev–Trinajstić information content (AvgIpc) is 3.21. The van der Waals surface area contributed by atoms with Gasteiger partial charge in [0.15, 0.2) is 6.61 Å². The van der Waals surface area contributed by atoms with E-state index < -0.39 is 0 Å². The van der Waals surface area contributed by atoms with Crippen molar-refractivity contribution in [2.24, 2.45) is 5.41 Å². The van der Waals surface area contributed by atoms with E-state index in [2.05, 4.69) is 31.0 Å². The van der Waals surface area contributed by atoms with Crippen molar-refractivity contribution in [3.63, 3.8) is 0 Å². The quantitative estimate of drug-likeness (QED) is 0.834. The smallest absolute Gasteiger partial charge is 0.253 e. The zero-order valence-corrected chi connectivity index (χ0v) is 14.6. The van der Waals surface area contributed by atoms with E-state index in [9.17, 15) is 0 Å². The standard InChI is InChI=1S/C18H24N2O4/c1-18(2,3)16-14(8-9-22-16)17-20-19-15(24-17)11-23-13-7-5-6-12(10-13)21-4/h5-7,10,14,16H,8-9,11H2,1-4H3/t14-,16-/m0/s1. The third-order valence-electron chi connectivity index (χ3n) is 4.15. The molecule has 130 valence electrons. The van der Waals surface area contributed by atoms with E-state index >= 15 is 0 Å². The molecule has 2 heterocycles. The van der Waals surface area contributed by atoms with Gasteiger partial charge in [0, 0.05) is 12.7 Å². The molecular formula is C18H24N2O4. The summed E-state index contributed by atoms with van der Waals surface area (Å²) in [7, 11) is 1.62. The predicted molar refractivity (Wildman–Crippen MR) is 88.2 cm³/mol. The highest BCUT2D eigenvalue weighted by atomic mass is 16.5. The molecule has 0 aliphatic carbocycles. The molecule has 2 aromatic rings. The number of hydrogen-bond donors (Lipinski definition) is 0. The van der Waals surface area contributed by atoms with Crippen molar-refractivity contribution in [1.82, 2.24) is 10.2 Å². The lowest BCUT2D eigenvalue weighted by Gasteiger charge is -2.29. The van der Waals surface area contributed by atoms with Crippen molar-refractivity contribution in [1.29, 1.82) is 0 Å². The highest BCUT2D eigenvalue weighted by Crippen LogP contribution is 2.40. The molecular weight excluding hydrogens is 308 g/mol. The van der Waals surface area contributed by atoms with Crippen molar-refractivity contribution in [2.45, 2.75) is 45.8 Å². The van der Waals surface area contributed by atoms with Gasteiger partial charge in [0.25, 0.3) is 5.89 Å². The average molecular weight is 332 g/mol. The van der Waals surface area contributed by atoms with Crippen LogP contribution in [-0.4, -0.2) is 30.0 Å². The maximum atomic E-state index is 5.88. The third-order valence-corrected chi connectivity index (χ3v) is 4.15. The molecule has 6 heteroatoms. The Kier molecular flexibility index (Phi) is 4.76. The van der Waals surface area contributed by atoms with E-state index in [4.69, 9.17) is 18.6 Å². The molecule has 6 nitrogen and oxygen atoms in total. The molecule has 1 aliphatic rings. The monoisotopic (exact) mass is 332 g/mol. The molecule has 0 amide bonds. The molecule has 3 rings (SSSR count). The summed E-state index contributed by atoms with van der Waals surface area (Å²) >= 11 is 0. The van der Waals surface area contributed by atoms with Crippen molar-refractivity contribution in [3.8, 4) is 11.5 Å². The Bertz CT molecular complexity index is 678. The molecule has 0 N–H and O–H groups in total. The highest BCUT2D eigenvalue weighted by Gasteiger charge is 2.41. The van der Waals surface area contributed by atoms with Gasteiger partial charge in [0.2, 0.25) is 5.89 Å². The maximum Gasteiger partial charge on any atom is 0.253 e. The fourth-order valence-electron chi connectivity index (χ4n) is 3.01. The molecule has 1 saturated heterocycles. The minimum atomic E-state index is 0.0346. The lowest BCUT2D eigenvalue weighted by molar-refractivity contribution is 0.0169. The zero-order chi connectivity index (χ0) is 17.2. The van der Waals surface area contributed by atoms with Crippen LogP contribution in [0.15, 0.2) is 28.7 Å². The van der Waals surface area contributed by atoms with E-state index in [-0.39, 0.29) is 24.0 Å².